The maximum absolute atomic E-state index is 4.86. The van der Waals surface area contributed by atoms with Crippen molar-refractivity contribution in [3.8, 4) is 0 Å². The van der Waals surface area contributed by atoms with Gasteiger partial charge in [-0.1, -0.05) is 0 Å². The molecule has 1 fully saturated rings. The van der Waals surface area contributed by atoms with Crippen LogP contribution in [0, 0.1) is 0 Å². The van der Waals surface area contributed by atoms with Gasteiger partial charge in [-0.05, 0) is 57.7 Å². The van der Waals surface area contributed by atoms with E-state index in [0.717, 1.165) is 12.5 Å². The van der Waals surface area contributed by atoms with Gasteiger partial charge in [0.15, 0.2) is 0 Å². The first-order chi connectivity index (χ1) is 7.90. The molecular formula is C13H21N3. The minimum Gasteiger partial charge on any atom is -0.317 e. The Morgan fingerprint density at radius 2 is 2.12 bits per heavy atom. The summed E-state index contributed by atoms with van der Waals surface area (Å²) in [5, 5.41) is 8.30. The van der Waals surface area contributed by atoms with Crippen molar-refractivity contribution >= 4 is 0 Å². The summed E-state index contributed by atoms with van der Waals surface area (Å²) in [6.45, 7) is 5.57. The van der Waals surface area contributed by atoms with Gasteiger partial charge in [0.05, 0.1) is 5.69 Å². The fourth-order valence-corrected chi connectivity index (χ4v) is 3.22. The van der Waals surface area contributed by atoms with Crippen LogP contribution >= 0.6 is 0 Å². The molecular weight excluding hydrogens is 198 g/mol. The lowest BCUT2D eigenvalue weighted by Crippen LogP contribution is -2.27. The van der Waals surface area contributed by atoms with E-state index in [1.54, 1.807) is 5.56 Å². The first kappa shape index (κ1) is 10.3. The molecule has 1 saturated heterocycles. The van der Waals surface area contributed by atoms with Crippen molar-refractivity contribution in [1.29, 1.82) is 0 Å². The van der Waals surface area contributed by atoms with E-state index in [4.69, 9.17) is 5.10 Å². The minimum absolute atomic E-state index is 0.723. The average molecular weight is 219 g/mol. The van der Waals surface area contributed by atoms with Gasteiger partial charge in [0.25, 0.3) is 0 Å². The third-order valence-corrected chi connectivity index (χ3v) is 4.06. The zero-order valence-electron chi connectivity index (χ0n) is 10.1. The van der Waals surface area contributed by atoms with Crippen LogP contribution in [0.5, 0.6) is 0 Å². The monoisotopic (exact) mass is 219 g/mol. The smallest absolute Gasteiger partial charge is 0.0691 e. The Kier molecular flexibility index (Phi) is 2.72. The van der Waals surface area contributed by atoms with Crippen molar-refractivity contribution in [2.45, 2.75) is 51.5 Å². The van der Waals surface area contributed by atoms with Crippen LogP contribution in [0.3, 0.4) is 0 Å². The van der Waals surface area contributed by atoms with Gasteiger partial charge in [-0.15, -0.1) is 0 Å². The van der Waals surface area contributed by atoms with Crippen molar-refractivity contribution in [3.05, 3.63) is 17.0 Å². The molecule has 1 aliphatic carbocycles. The molecule has 1 aromatic heterocycles. The molecule has 0 bridgehead atoms. The summed E-state index contributed by atoms with van der Waals surface area (Å²) in [6.07, 6.45) is 6.40. The second-order valence-electron chi connectivity index (χ2n) is 5.00. The lowest BCUT2D eigenvalue weighted by Gasteiger charge is -2.21. The molecule has 0 aromatic carbocycles. The number of piperidine rings is 1. The molecule has 2 heterocycles. The molecule has 0 unspecified atom stereocenters. The fraction of sp³-hybridized carbons (Fsp3) is 0.769. The molecule has 0 saturated carbocycles. The number of nitrogens with zero attached hydrogens (tertiary/aromatic N) is 2. The number of fused-ring (bicyclic) bond motifs is 1. The molecule has 88 valence electrons. The highest BCUT2D eigenvalue weighted by Crippen LogP contribution is 2.33. The van der Waals surface area contributed by atoms with Crippen molar-refractivity contribution in [2.75, 3.05) is 13.1 Å². The number of hydrogen-bond donors (Lipinski definition) is 1. The molecule has 0 amide bonds. The molecule has 16 heavy (non-hydrogen) atoms. The van der Waals surface area contributed by atoms with Crippen molar-refractivity contribution < 1.29 is 0 Å². The molecule has 0 atom stereocenters. The first-order valence-electron chi connectivity index (χ1n) is 6.69. The molecule has 3 heteroatoms. The first-order valence-corrected chi connectivity index (χ1v) is 6.69. The van der Waals surface area contributed by atoms with Gasteiger partial charge in [-0.2, -0.15) is 5.10 Å². The van der Waals surface area contributed by atoms with Crippen LogP contribution in [0.25, 0.3) is 0 Å². The van der Waals surface area contributed by atoms with Gasteiger partial charge in [-0.3, -0.25) is 4.68 Å². The van der Waals surface area contributed by atoms with Gasteiger partial charge >= 0.3 is 0 Å². The predicted octanol–water partition coefficient (Wildman–Crippen LogP) is 1.86. The van der Waals surface area contributed by atoms with Gasteiger partial charge < -0.3 is 5.32 Å². The second-order valence-corrected chi connectivity index (χ2v) is 5.00. The summed E-state index contributed by atoms with van der Waals surface area (Å²) in [5.74, 6) is 0.723. The highest BCUT2D eigenvalue weighted by molar-refractivity contribution is 5.33. The fourth-order valence-electron chi connectivity index (χ4n) is 3.22. The number of rotatable bonds is 2. The highest BCUT2D eigenvalue weighted by atomic mass is 15.3. The summed E-state index contributed by atoms with van der Waals surface area (Å²) in [6, 6.07) is 0. The molecule has 1 aliphatic heterocycles. The van der Waals surface area contributed by atoms with E-state index in [1.807, 2.05) is 0 Å². The molecule has 3 nitrogen and oxygen atoms in total. The van der Waals surface area contributed by atoms with Gasteiger partial charge in [-0.25, -0.2) is 0 Å². The van der Waals surface area contributed by atoms with Crippen LogP contribution < -0.4 is 5.32 Å². The molecule has 0 spiro atoms. The molecule has 0 radical (unpaired) electrons. The normalized spacial score (nSPS) is 21.3. The summed E-state index contributed by atoms with van der Waals surface area (Å²) < 4.78 is 2.25. The third-order valence-electron chi connectivity index (χ3n) is 4.06. The maximum atomic E-state index is 4.86. The van der Waals surface area contributed by atoms with E-state index in [1.165, 1.54) is 56.6 Å². The van der Waals surface area contributed by atoms with E-state index in [0.29, 0.717) is 0 Å². The van der Waals surface area contributed by atoms with Gasteiger partial charge in [0.1, 0.15) is 0 Å². The van der Waals surface area contributed by atoms with Gasteiger partial charge in [0.2, 0.25) is 0 Å². The number of aryl methyl sites for hydroxylation is 1. The number of nitrogens with one attached hydrogen (secondary N) is 1. The van der Waals surface area contributed by atoms with Crippen LogP contribution in [-0.4, -0.2) is 22.9 Å². The SMILES string of the molecule is CCn1nc(C2CCNCC2)c2c1CCC2. The van der Waals surface area contributed by atoms with Crippen molar-refractivity contribution in [2.24, 2.45) is 0 Å². The Morgan fingerprint density at radius 1 is 1.31 bits per heavy atom. The Bertz CT molecular complexity index is 375. The number of aromatic nitrogens is 2. The lowest BCUT2D eigenvalue weighted by molar-refractivity contribution is 0.445. The molecule has 1 aromatic rings. The van der Waals surface area contributed by atoms with Gasteiger partial charge in [0, 0.05) is 18.2 Å². The Morgan fingerprint density at radius 3 is 2.88 bits per heavy atom. The molecule has 3 rings (SSSR count). The lowest BCUT2D eigenvalue weighted by atomic mass is 9.92. The van der Waals surface area contributed by atoms with Crippen LogP contribution in [0.15, 0.2) is 0 Å². The standard InChI is InChI=1S/C13H21N3/c1-2-16-12-5-3-4-11(12)13(15-16)10-6-8-14-9-7-10/h10,14H,2-9H2,1H3. The molecule has 1 N–H and O–H groups in total. The van der Waals surface area contributed by atoms with E-state index in [-0.39, 0.29) is 0 Å². The van der Waals surface area contributed by atoms with E-state index in [9.17, 15) is 0 Å². The van der Waals surface area contributed by atoms with Crippen molar-refractivity contribution in [3.63, 3.8) is 0 Å². The number of hydrogen-bond acceptors (Lipinski definition) is 2. The average Bonchev–Trinajstić information content (AvgIpc) is 2.91. The largest absolute Gasteiger partial charge is 0.317 e. The summed E-state index contributed by atoms with van der Waals surface area (Å²) in [4.78, 5) is 0. The predicted molar refractivity (Wildman–Crippen MR) is 64.8 cm³/mol. The Balaban J connectivity index is 1.94. The Labute approximate surface area is 97.2 Å². The summed E-state index contributed by atoms with van der Waals surface area (Å²) in [5.41, 5.74) is 4.58. The molecule has 2 aliphatic rings. The van der Waals surface area contributed by atoms with E-state index in [2.05, 4.69) is 16.9 Å². The summed E-state index contributed by atoms with van der Waals surface area (Å²) in [7, 11) is 0. The van der Waals surface area contributed by atoms with E-state index < -0.39 is 0 Å². The zero-order valence-corrected chi connectivity index (χ0v) is 10.1. The van der Waals surface area contributed by atoms with Crippen LogP contribution in [-0.2, 0) is 19.4 Å². The van der Waals surface area contributed by atoms with Crippen molar-refractivity contribution in [1.82, 2.24) is 15.1 Å². The van der Waals surface area contributed by atoms with E-state index >= 15 is 0 Å². The van der Waals surface area contributed by atoms with Crippen LogP contribution in [0.1, 0.15) is 49.1 Å². The minimum atomic E-state index is 0.723. The Hall–Kier alpha value is -0.830. The van der Waals surface area contributed by atoms with Crippen LogP contribution in [0.2, 0.25) is 0 Å². The maximum Gasteiger partial charge on any atom is 0.0691 e. The quantitative estimate of drug-likeness (QED) is 0.823. The zero-order chi connectivity index (χ0) is 11.0. The van der Waals surface area contributed by atoms with Crippen LogP contribution in [0.4, 0.5) is 0 Å². The second kappa shape index (κ2) is 4.21. The third kappa shape index (κ3) is 1.58. The highest BCUT2D eigenvalue weighted by Gasteiger charge is 2.27. The topological polar surface area (TPSA) is 29.9 Å². The summed E-state index contributed by atoms with van der Waals surface area (Å²) >= 11 is 0.